The maximum Gasteiger partial charge on any atom is 0.287 e. The molecule has 1 aliphatic heterocycles. The molecule has 6 nitrogen and oxygen atoms in total. The van der Waals surface area contributed by atoms with Crippen molar-refractivity contribution in [2.45, 2.75) is 30.7 Å². The molecule has 152 valence electrons. The van der Waals surface area contributed by atoms with Crippen LogP contribution < -0.4 is 5.32 Å². The highest BCUT2D eigenvalue weighted by molar-refractivity contribution is 7.89. The van der Waals surface area contributed by atoms with Gasteiger partial charge < -0.3 is 9.73 Å². The van der Waals surface area contributed by atoms with Crippen molar-refractivity contribution < 1.29 is 17.6 Å². The van der Waals surface area contributed by atoms with Crippen LogP contribution in [0.1, 0.15) is 35.4 Å². The predicted molar refractivity (Wildman–Crippen MR) is 111 cm³/mol. The molecule has 1 N–H and O–H groups in total. The Bertz CT molecular complexity index is 1130. The van der Waals surface area contributed by atoms with Crippen LogP contribution in [0.4, 0.5) is 0 Å². The molecule has 4 rings (SSSR count). The first-order valence-corrected chi connectivity index (χ1v) is 11.3. The third kappa shape index (κ3) is 4.32. The molecule has 0 radical (unpaired) electrons. The Morgan fingerprint density at radius 2 is 1.76 bits per heavy atom. The first kappa shape index (κ1) is 19.9. The fourth-order valence-electron chi connectivity index (χ4n) is 3.43. The monoisotopic (exact) mass is 432 g/mol. The summed E-state index contributed by atoms with van der Waals surface area (Å²) >= 11 is 5.95. The number of benzene rings is 2. The topological polar surface area (TPSA) is 79.6 Å². The number of hydrogen-bond donors (Lipinski definition) is 1. The molecule has 0 aliphatic carbocycles. The minimum absolute atomic E-state index is 0.201. The van der Waals surface area contributed by atoms with Crippen molar-refractivity contribution in [2.75, 3.05) is 13.1 Å². The zero-order valence-corrected chi connectivity index (χ0v) is 17.3. The predicted octanol–water partition coefficient (Wildman–Crippen LogP) is 4.19. The van der Waals surface area contributed by atoms with E-state index in [4.69, 9.17) is 16.0 Å². The maximum absolute atomic E-state index is 12.7. The lowest BCUT2D eigenvalue weighted by Crippen LogP contribution is -2.35. The van der Waals surface area contributed by atoms with Gasteiger partial charge in [-0.25, -0.2) is 8.42 Å². The van der Waals surface area contributed by atoms with Crippen LogP contribution in [0.25, 0.3) is 11.0 Å². The normalized spacial score (nSPS) is 15.5. The van der Waals surface area contributed by atoms with E-state index in [1.54, 1.807) is 52.8 Å². The number of fused-ring (bicyclic) bond motifs is 1. The van der Waals surface area contributed by atoms with Crippen LogP contribution >= 0.6 is 11.6 Å². The lowest BCUT2D eigenvalue weighted by atomic mass is 10.2. The Balaban J connectivity index is 1.41. The molecule has 0 saturated carbocycles. The smallest absolute Gasteiger partial charge is 0.287 e. The van der Waals surface area contributed by atoms with Crippen molar-refractivity contribution in [3.63, 3.8) is 0 Å². The molecule has 1 amide bonds. The van der Waals surface area contributed by atoms with Crippen molar-refractivity contribution in [3.8, 4) is 0 Å². The van der Waals surface area contributed by atoms with E-state index in [0.29, 0.717) is 23.7 Å². The van der Waals surface area contributed by atoms with E-state index in [0.717, 1.165) is 30.2 Å². The lowest BCUT2D eigenvalue weighted by molar-refractivity contribution is 0.0925. The number of carbonyl (C=O) groups excluding carboxylic acids is 1. The Kier molecular flexibility index (Phi) is 5.63. The summed E-state index contributed by atoms with van der Waals surface area (Å²) in [5.74, 6) is -0.145. The third-order valence-electron chi connectivity index (χ3n) is 5.03. The Morgan fingerprint density at radius 1 is 1.03 bits per heavy atom. The molecule has 0 atom stereocenters. The van der Waals surface area contributed by atoms with Gasteiger partial charge in [0.05, 0.1) is 4.90 Å². The number of nitrogens with zero attached hydrogens (tertiary/aromatic N) is 1. The number of amides is 1. The van der Waals surface area contributed by atoms with Crippen LogP contribution in [-0.2, 0) is 16.6 Å². The highest BCUT2D eigenvalue weighted by Crippen LogP contribution is 2.23. The number of carbonyl (C=O) groups is 1. The minimum Gasteiger partial charge on any atom is -0.451 e. The van der Waals surface area contributed by atoms with E-state index in [9.17, 15) is 13.2 Å². The van der Waals surface area contributed by atoms with Crippen LogP contribution in [0.2, 0.25) is 5.02 Å². The zero-order valence-electron chi connectivity index (χ0n) is 15.7. The molecule has 1 aromatic heterocycles. The van der Waals surface area contributed by atoms with Gasteiger partial charge in [-0.1, -0.05) is 30.2 Å². The van der Waals surface area contributed by atoms with E-state index in [1.807, 2.05) is 0 Å². The van der Waals surface area contributed by atoms with E-state index >= 15 is 0 Å². The summed E-state index contributed by atoms with van der Waals surface area (Å²) in [6.45, 7) is 1.41. The molecule has 8 heteroatoms. The van der Waals surface area contributed by atoms with Gasteiger partial charge in [0, 0.05) is 30.0 Å². The SMILES string of the molecule is O=C(NCc1ccc(S(=O)(=O)N2CCCCC2)cc1)c1cc2cc(Cl)ccc2o1. The number of sulfonamides is 1. The quantitative estimate of drug-likeness (QED) is 0.655. The van der Waals surface area contributed by atoms with Crippen molar-refractivity contribution in [1.82, 2.24) is 9.62 Å². The van der Waals surface area contributed by atoms with Crippen molar-refractivity contribution in [3.05, 3.63) is 64.9 Å². The number of halogens is 1. The van der Waals surface area contributed by atoms with E-state index in [1.165, 1.54) is 0 Å². The van der Waals surface area contributed by atoms with Crippen LogP contribution in [0.3, 0.4) is 0 Å². The molecule has 0 unspecified atom stereocenters. The molecule has 29 heavy (non-hydrogen) atoms. The molecular formula is C21H21ClN2O4S. The van der Waals surface area contributed by atoms with E-state index in [2.05, 4.69) is 5.32 Å². The molecule has 1 fully saturated rings. The van der Waals surface area contributed by atoms with Gasteiger partial charge in [-0.05, 0) is 54.8 Å². The highest BCUT2D eigenvalue weighted by Gasteiger charge is 2.25. The molecule has 3 aromatic rings. The first-order valence-electron chi connectivity index (χ1n) is 9.50. The first-order chi connectivity index (χ1) is 13.9. The van der Waals surface area contributed by atoms with Gasteiger partial charge in [-0.2, -0.15) is 4.31 Å². The number of piperidine rings is 1. The second-order valence-corrected chi connectivity index (χ2v) is 9.46. The van der Waals surface area contributed by atoms with Gasteiger partial charge in [0.2, 0.25) is 10.0 Å². The molecule has 2 aromatic carbocycles. The summed E-state index contributed by atoms with van der Waals surface area (Å²) < 4.78 is 32.5. The number of nitrogens with one attached hydrogen (secondary N) is 1. The fourth-order valence-corrected chi connectivity index (χ4v) is 5.13. The molecular weight excluding hydrogens is 412 g/mol. The number of rotatable bonds is 5. The van der Waals surface area contributed by atoms with Gasteiger partial charge in [-0.3, -0.25) is 4.79 Å². The summed E-state index contributed by atoms with van der Waals surface area (Å²) in [5.41, 5.74) is 1.39. The van der Waals surface area contributed by atoms with Gasteiger partial charge in [0.25, 0.3) is 5.91 Å². The average molecular weight is 433 g/mol. The van der Waals surface area contributed by atoms with E-state index < -0.39 is 10.0 Å². The average Bonchev–Trinajstić information content (AvgIpc) is 3.16. The van der Waals surface area contributed by atoms with E-state index in [-0.39, 0.29) is 23.1 Å². The van der Waals surface area contributed by atoms with Crippen molar-refractivity contribution in [2.24, 2.45) is 0 Å². The van der Waals surface area contributed by atoms with Crippen LogP contribution in [0.15, 0.2) is 57.8 Å². The highest BCUT2D eigenvalue weighted by atomic mass is 35.5. The second-order valence-electron chi connectivity index (χ2n) is 7.08. The Labute approximate surface area is 174 Å². The maximum atomic E-state index is 12.7. The molecule has 1 aliphatic rings. The summed E-state index contributed by atoms with van der Waals surface area (Å²) in [6.07, 6.45) is 2.87. The minimum atomic E-state index is -3.45. The van der Waals surface area contributed by atoms with Crippen molar-refractivity contribution >= 4 is 38.5 Å². The molecule has 1 saturated heterocycles. The van der Waals surface area contributed by atoms with Crippen LogP contribution in [-0.4, -0.2) is 31.7 Å². The summed E-state index contributed by atoms with van der Waals surface area (Å²) in [4.78, 5) is 12.6. The van der Waals surface area contributed by atoms with Gasteiger partial charge in [-0.15, -0.1) is 0 Å². The molecule has 2 heterocycles. The number of hydrogen-bond acceptors (Lipinski definition) is 4. The molecule has 0 spiro atoms. The second kappa shape index (κ2) is 8.18. The van der Waals surface area contributed by atoms with Gasteiger partial charge in [0.1, 0.15) is 5.58 Å². The standard InChI is InChI=1S/C21H21ClN2O4S/c22-17-6-9-19-16(12-17)13-20(28-19)21(25)23-14-15-4-7-18(8-5-15)29(26,27)24-10-2-1-3-11-24/h4-9,12-13H,1-3,10-11,14H2,(H,23,25). The Morgan fingerprint density at radius 3 is 2.48 bits per heavy atom. The van der Waals surface area contributed by atoms with Crippen molar-refractivity contribution in [1.29, 1.82) is 0 Å². The molecule has 0 bridgehead atoms. The third-order valence-corrected chi connectivity index (χ3v) is 7.18. The van der Waals surface area contributed by atoms with Gasteiger partial charge in [0.15, 0.2) is 5.76 Å². The van der Waals surface area contributed by atoms with Crippen LogP contribution in [0, 0.1) is 0 Å². The summed E-state index contributed by atoms with van der Waals surface area (Å²) in [7, 11) is -3.45. The number of furan rings is 1. The Hall–Kier alpha value is -2.35. The fraction of sp³-hybridized carbons (Fsp3) is 0.286. The lowest BCUT2D eigenvalue weighted by Gasteiger charge is -2.25. The zero-order chi connectivity index (χ0) is 20.4. The van der Waals surface area contributed by atoms with Crippen LogP contribution in [0.5, 0.6) is 0 Å². The summed E-state index contributed by atoms with van der Waals surface area (Å²) in [5, 5.41) is 4.12. The largest absolute Gasteiger partial charge is 0.451 e. The summed E-state index contributed by atoms with van der Waals surface area (Å²) in [6, 6.07) is 13.4. The van der Waals surface area contributed by atoms with Gasteiger partial charge >= 0.3 is 0 Å².